The third kappa shape index (κ3) is 2.16. The number of carbonyl (C=O) groups is 1. The van der Waals surface area contributed by atoms with Crippen LogP contribution in [0.5, 0.6) is 0 Å². The van der Waals surface area contributed by atoms with Crippen molar-refractivity contribution in [1.82, 2.24) is 4.57 Å². The highest BCUT2D eigenvalue weighted by molar-refractivity contribution is 5.86. The normalized spacial score (nSPS) is 9.92. The number of hydrogen-bond acceptors (Lipinski definition) is 3. The van der Waals surface area contributed by atoms with Crippen molar-refractivity contribution in [3.05, 3.63) is 34.2 Å². The van der Waals surface area contributed by atoms with Gasteiger partial charge in [0.15, 0.2) is 5.43 Å². The molecule has 0 bridgehead atoms. The number of aromatic nitrogens is 1. The second kappa shape index (κ2) is 3.86. The van der Waals surface area contributed by atoms with Crippen molar-refractivity contribution in [2.75, 3.05) is 6.54 Å². The number of pyridine rings is 1. The minimum Gasteiger partial charge on any atom is -0.477 e. The van der Waals surface area contributed by atoms with Gasteiger partial charge in [-0.05, 0) is 0 Å². The highest BCUT2D eigenvalue weighted by Crippen LogP contribution is 1.92. The van der Waals surface area contributed by atoms with Gasteiger partial charge in [0.2, 0.25) is 0 Å². The minimum absolute atomic E-state index is 0.226. The van der Waals surface area contributed by atoms with Gasteiger partial charge in [0, 0.05) is 31.5 Å². The predicted octanol–water partition coefficient (Wildman–Crippen LogP) is -0.495. The summed E-state index contributed by atoms with van der Waals surface area (Å²) in [5.41, 5.74) is 4.57. The number of nitrogens with zero attached hydrogens (tertiary/aromatic N) is 1. The van der Waals surface area contributed by atoms with E-state index in [2.05, 4.69) is 0 Å². The number of aromatic carboxylic acids is 1. The molecule has 0 aliphatic rings. The zero-order valence-corrected chi connectivity index (χ0v) is 6.93. The molecule has 0 saturated heterocycles. The number of carboxylic acid groups (broad SMARTS) is 1. The van der Waals surface area contributed by atoms with Crippen LogP contribution < -0.4 is 11.2 Å². The molecule has 0 aromatic carbocycles. The highest BCUT2D eigenvalue weighted by Gasteiger charge is 2.07. The van der Waals surface area contributed by atoms with Gasteiger partial charge in [-0.2, -0.15) is 0 Å². The summed E-state index contributed by atoms with van der Waals surface area (Å²) in [6.45, 7) is 0.905. The molecule has 0 saturated carbocycles. The van der Waals surface area contributed by atoms with Crippen molar-refractivity contribution in [3.63, 3.8) is 0 Å². The van der Waals surface area contributed by atoms with E-state index in [4.69, 9.17) is 10.8 Å². The lowest BCUT2D eigenvalue weighted by molar-refractivity contribution is 0.0694. The van der Waals surface area contributed by atoms with Gasteiger partial charge in [-0.3, -0.25) is 4.79 Å². The maximum atomic E-state index is 11.0. The molecule has 0 spiro atoms. The Morgan fingerprint density at radius 3 is 2.85 bits per heavy atom. The van der Waals surface area contributed by atoms with Crippen LogP contribution in [-0.4, -0.2) is 22.2 Å². The Morgan fingerprint density at radius 1 is 1.62 bits per heavy atom. The van der Waals surface area contributed by atoms with E-state index in [9.17, 15) is 9.59 Å². The quantitative estimate of drug-likeness (QED) is 0.660. The molecule has 70 valence electrons. The van der Waals surface area contributed by atoms with Gasteiger partial charge in [-0.15, -0.1) is 0 Å². The molecule has 0 aliphatic heterocycles. The van der Waals surface area contributed by atoms with Gasteiger partial charge in [-0.25, -0.2) is 4.79 Å². The second-order valence-electron chi connectivity index (χ2n) is 2.55. The first-order valence-corrected chi connectivity index (χ1v) is 3.78. The molecule has 1 aromatic rings. The maximum absolute atomic E-state index is 11.0. The van der Waals surface area contributed by atoms with Crippen molar-refractivity contribution in [1.29, 1.82) is 0 Å². The van der Waals surface area contributed by atoms with Crippen LogP contribution in [0.2, 0.25) is 0 Å². The Bertz CT molecular complexity index is 370. The van der Waals surface area contributed by atoms with E-state index in [-0.39, 0.29) is 5.56 Å². The summed E-state index contributed by atoms with van der Waals surface area (Å²) in [5.74, 6) is -1.21. The first-order chi connectivity index (χ1) is 6.15. The van der Waals surface area contributed by atoms with Crippen molar-refractivity contribution in [3.8, 4) is 0 Å². The molecule has 3 N–H and O–H groups in total. The SMILES string of the molecule is NCCn1ccc(=O)c(C(=O)O)c1. The summed E-state index contributed by atoms with van der Waals surface area (Å²) < 4.78 is 1.57. The van der Waals surface area contributed by atoms with Crippen LogP contribution in [0, 0.1) is 0 Å². The lowest BCUT2D eigenvalue weighted by Crippen LogP contribution is -2.18. The third-order valence-corrected chi connectivity index (χ3v) is 1.60. The molecule has 5 nitrogen and oxygen atoms in total. The van der Waals surface area contributed by atoms with Crippen LogP contribution in [0.4, 0.5) is 0 Å². The Labute approximate surface area is 74.4 Å². The molecule has 1 aromatic heterocycles. The zero-order chi connectivity index (χ0) is 9.84. The summed E-state index contributed by atoms with van der Waals surface area (Å²) in [5, 5.41) is 8.61. The van der Waals surface area contributed by atoms with Crippen molar-refractivity contribution in [2.45, 2.75) is 6.54 Å². The van der Waals surface area contributed by atoms with Gasteiger partial charge >= 0.3 is 5.97 Å². The summed E-state index contributed by atoms with van der Waals surface area (Å²) >= 11 is 0. The van der Waals surface area contributed by atoms with E-state index >= 15 is 0 Å². The standard InChI is InChI=1S/C8H10N2O3/c9-2-4-10-3-1-7(11)6(5-10)8(12)13/h1,3,5H,2,4,9H2,(H,12,13). The van der Waals surface area contributed by atoms with Gasteiger partial charge in [0.05, 0.1) is 0 Å². The molecule has 0 atom stereocenters. The molecule has 13 heavy (non-hydrogen) atoms. The molecular formula is C8H10N2O3. The van der Waals surface area contributed by atoms with Gasteiger partial charge in [-0.1, -0.05) is 0 Å². The fraction of sp³-hybridized carbons (Fsp3) is 0.250. The van der Waals surface area contributed by atoms with E-state index in [1.54, 1.807) is 4.57 Å². The first kappa shape index (κ1) is 9.47. The van der Waals surface area contributed by atoms with Crippen LogP contribution >= 0.6 is 0 Å². The first-order valence-electron chi connectivity index (χ1n) is 3.78. The van der Waals surface area contributed by atoms with E-state index in [0.717, 1.165) is 0 Å². The van der Waals surface area contributed by atoms with Crippen LogP contribution in [0.3, 0.4) is 0 Å². The topological polar surface area (TPSA) is 85.3 Å². The third-order valence-electron chi connectivity index (χ3n) is 1.60. The lowest BCUT2D eigenvalue weighted by atomic mass is 10.3. The minimum atomic E-state index is -1.21. The number of nitrogens with two attached hydrogens (primary N) is 1. The summed E-state index contributed by atoms with van der Waals surface area (Å²) in [7, 11) is 0. The monoisotopic (exact) mass is 182 g/mol. The Morgan fingerprint density at radius 2 is 2.31 bits per heavy atom. The van der Waals surface area contributed by atoms with E-state index < -0.39 is 11.4 Å². The molecule has 1 heterocycles. The molecule has 5 heteroatoms. The summed E-state index contributed by atoms with van der Waals surface area (Å²) in [6.07, 6.45) is 2.80. The number of rotatable bonds is 3. The van der Waals surface area contributed by atoms with Crippen LogP contribution in [-0.2, 0) is 6.54 Å². The van der Waals surface area contributed by atoms with Gasteiger partial charge in [0.25, 0.3) is 0 Å². The fourth-order valence-corrected chi connectivity index (χ4v) is 0.974. The average molecular weight is 182 g/mol. The molecule has 0 amide bonds. The van der Waals surface area contributed by atoms with Crippen molar-refractivity contribution >= 4 is 5.97 Å². The van der Waals surface area contributed by atoms with E-state index in [1.165, 1.54) is 18.5 Å². The molecule has 0 fully saturated rings. The molecule has 0 aliphatic carbocycles. The number of hydrogen-bond donors (Lipinski definition) is 2. The maximum Gasteiger partial charge on any atom is 0.341 e. The predicted molar refractivity (Wildman–Crippen MR) is 46.7 cm³/mol. The van der Waals surface area contributed by atoms with Crippen LogP contribution in [0.1, 0.15) is 10.4 Å². The summed E-state index contributed by atoms with van der Waals surface area (Å²) in [6, 6.07) is 1.22. The van der Waals surface area contributed by atoms with E-state index in [1.807, 2.05) is 0 Å². The Kier molecular flexibility index (Phi) is 2.81. The second-order valence-corrected chi connectivity index (χ2v) is 2.55. The summed E-state index contributed by atoms with van der Waals surface area (Å²) in [4.78, 5) is 21.5. The zero-order valence-electron chi connectivity index (χ0n) is 6.93. The van der Waals surface area contributed by atoms with Crippen molar-refractivity contribution in [2.24, 2.45) is 5.73 Å². The Hall–Kier alpha value is -1.62. The smallest absolute Gasteiger partial charge is 0.341 e. The number of carboxylic acids is 1. The van der Waals surface area contributed by atoms with E-state index in [0.29, 0.717) is 13.1 Å². The molecular weight excluding hydrogens is 172 g/mol. The Balaban J connectivity index is 3.11. The molecule has 0 unspecified atom stereocenters. The largest absolute Gasteiger partial charge is 0.477 e. The van der Waals surface area contributed by atoms with Crippen LogP contribution in [0.15, 0.2) is 23.3 Å². The lowest BCUT2D eigenvalue weighted by Gasteiger charge is -2.03. The van der Waals surface area contributed by atoms with Gasteiger partial charge in [0.1, 0.15) is 5.56 Å². The van der Waals surface area contributed by atoms with Crippen molar-refractivity contribution < 1.29 is 9.90 Å². The molecule has 0 radical (unpaired) electrons. The highest BCUT2D eigenvalue weighted by atomic mass is 16.4. The van der Waals surface area contributed by atoms with Crippen LogP contribution in [0.25, 0.3) is 0 Å². The average Bonchev–Trinajstić information content (AvgIpc) is 2.08. The van der Waals surface area contributed by atoms with Gasteiger partial charge < -0.3 is 15.4 Å². The molecule has 1 rings (SSSR count). The fourth-order valence-electron chi connectivity index (χ4n) is 0.974.